The zero-order valence-electron chi connectivity index (χ0n) is 19.0. The summed E-state index contributed by atoms with van der Waals surface area (Å²) in [4.78, 5) is 38.6. The van der Waals surface area contributed by atoms with Gasteiger partial charge in [-0.3, -0.25) is 9.59 Å². The molecule has 0 unspecified atom stereocenters. The number of carbonyl (C=O) groups is 3. The molecule has 0 aromatic heterocycles. The third kappa shape index (κ3) is 9.13. The van der Waals surface area contributed by atoms with E-state index in [0.29, 0.717) is 23.6 Å². The predicted molar refractivity (Wildman–Crippen MR) is 122 cm³/mol. The van der Waals surface area contributed by atoms with Crippen molar-refractivity contribution in [2.24, 2.45) is 0 Å². The molecule has 1 saturated heterocycles. The number of nitrogens with zero attached hydrogens (tertiary/aromatic N) is 2. The number of hydrogen-bond acceptors (Lipinski definition) is 4. The minimum Gasteiger partial charge on any atom is -0.475 e. The van der Waals surface area contributed by atoms with Crippen LogP contribution in [0.4, 0.5) is 13.2 Å². The summed E-state index contributed by atoms with van der Waals surface area (Å²) < 4.78 is 31.7. The Hall–Kier alpha value is -2.33. The normalized spacial score (nSPS) is 17.2. The first-order valence-corrected chi connectivity index (χ1v) is 11.8. The summed E-state index contributed by atoms with van der Waals surface area (Å²) in [6.45, 7) is 3.71. The SMILES string of the molecule is O=C(CCN(C(=O)c1ccc(Cl)cc1)C1CCCCCC1)N1CCNCC1.O=C(O)C(F)(F)F. The highest BCUT2D eigenvalue weighted by molar-refractivity contribution is 6.30. The van der Waals surface area contributed by atoms with Crippen molar-refractivity contribution in [1.82, 2.24) is 15.1 Å². The third-order valence-electron chi connectivity index (χ3n) is 5.90. The maximum absolute atomic E-state index is 13.2. The van der Waals surface area contributed by atoms with Gasteiger partial charge in [0.2, 0.25) is 5.91 Å². The molecule has 190 valence electrons. The lowest BCUT2D eigenvalue weighted by molar-refractivity contribution is -0.192. The van der Waals surface area contributed by atoms with E-state index in [1.807, 2.05) is 9.80 Å². The fourth-order valence-electron chi connectivity index (χ4n) is 4.07. The summed E-state index contributed by atoms with van der Waals surface area (Å²) in [5, 5.41) is 11.0. The van der Waals surface area contributed by atoms with E-state index >= 15 is 0 Å². The van der Waals surface area contributed by atoms with Gasteiger partial charge in [0.1, 0.15) is 0 Å². The molecule has 0 spiro atoms. The van der Waals surface area contributed by atoms with Gasteiger partial charge >= 0.3 is 12.1 Å². The Labute approximate surface area is 202 Å². The lowest BCUT2D eigenvalue weighted by atomic mass is 10.0. The smallest absolute Gasteiger partial charge is 0.475 e. The van der Waals surface area contributed by atoms with E-state index in [4.69, 9.17) is 21.5 Å². The van der Waals surface area contributed by atoms with Crippen LogP contribution in [0.25, 0.3) is 0 Å². The number of alkyl halides is 3. The van der Waals surface area contributed by atoms with E-state index in [-0.39, 0.29) is 17.9 Å². The number of carboxylic acid groups (broad SMARTS) is 1. The molecule has 2 aliphatic rings. The minimum atomic E-state index is -5.08. The van der Waals surface area contributed by atoms with E-state index < -0.39 is 12.1 Å². The second-order valence-electron chi connectivity index (χ2n) is 8.33. The van der Waals surface area contributed by atoms with Crippen molar-refractivity contribution < 1.29 is 32.7 Å². The van der Waals surface area contributed by atoms with E-state index in [2.05, 4.69) is 5.32 Å². The van der Waals surface area contributed by atoms with Gasteiger partial charge in [-0.2, -0.15) is 13.2 Å². The summed E-state index contributed by atoms with van der Waals surface area (Å²) in [5.41, 5.74) is 0.651. The molecule has 2 fully saturated rings. The van der Waals surface area contributed by atoms with E-state index in [1.54, 1.807) is 24.3 Å². The van der Waals surface area contributed by atoms with Gasteiger partial charge in [-0.05, 0) is 37.1 Å². The average Bonchev–Trinajstić information content (AvgIpc) is 3.09. The first kappa shape index (κ1) is 27.9. The molecule has 1 heterocycles. The molecule has 0 atom stereocenters. The fraction of sp³-hybridized carbons (Fsp3) is 0.609. The van der Waals surface area contributed by atoms with Gasteiger partial charge in [0.15, 0.2) is 0 Å². The molecule has 0 radical (unpaired) electrons. The number of hydrogen-bond donors (Lipinski definition) is 2. The Kier molecular flexibility index (Phi) is 11.1. The Balaban J connectivity index is 0.000000509. The number of piperazine rings is 1. The van der Waals surface area contributed by atoms with Gasteiger partial charge in [-0.25, -0.2) is 4.79 Å². The van der Waals surface area contributed by atoms with Crippen LogP contribution in [0, 0.1) is 0 Å². The van der Waals surface area contributed by atoms with Gasteiger partial charge in [0.25, 0.3) is 5.91 Å². The summed E-state index contributed by atoms with van der Waals surface area (Å²) >= 11 is 5.97. The maximum atomic E-state index is 13.2. The molecular formula is C23H31ClF3N3O4. The van der Waals surface area contributed by atoms with Crippen LogP contribution in [0.15, 0.2) is 24.3 Å². The van der Waals surface area contributed by atoms with Gasteiger partial charge in [-0.15, -0.1) is 0 Å². The summed E-state index contributed by atoms with van der Waals surface area (Å²) in [6, 6.07) is 7.31. The summed E-state index contributed by atoms with van der Waals surface area (Å²) in [5.74, 6) is -2.58. The molecule has 1 aromatic rings. The number of carbonyl (C=O) groups excluding carboxylic acids is 2. The number of nitrogens with one attached hydrogen (secondary N) is 1. The predicted octanol–water partition coefficient (Wildman–Crippen LogP) is 3.96. The molecule has 7 nitrogen and oxygen atoms in total. The number of aliphatic carboxylic acids is 1. The molecule has 34 heavy (non-hydrogen) atoms. The Bertz CT molecular complexity index is 807. The van der Waals surface area contributed by atoms with Crippen molar-refractivity contribution in [3.63, 3.8) is 0 Å². The topological polar surface area (TPSA) is 90.0 Å². The average molecular weight is 506 g/mol. The standard InChI is InChI=1S/C21H30ClN3O2.C2HF3O2/c22-18-9-7-17(8-10-18)21(27)25(19-5-3-1-2-4-6-19)14-11-20(26)24-15-12-23-13-16-24;3-2(4,5)1(6)7/h7-10,19,23H,1-6,11-16H2;(H,6,7). The van der Waals surface area contributed by atoms with Crippen molar-refractivity contribution >= 4 is 29.4 Å². The first-order valence-electron chi connectivity index (χ1n) is 11.4. The van der Waals surface area contributed by atoms with Crippen molar-refractivity contribution in [2.45, 2.75) is 57.2 Å². The zero-order chi connectivity index (χ0) is 25.1. The Morgan fingerprint density at radius 2 is 1.56 bits per heavy atom. The molecule has 11 heteroatoms. The van der Waals surface area contributed by atoms with Crippen LogP contribution >= 0.6 is 11.6 Å². The number of benzene rings is 1. The molecule has 2 amide bonds. The van der Waals surface area contributed by atoms with E-state index in [0.717, 1.165) is 51.9 Å². The number of halogens is 4. The maximum Gasteiger partial charge on any atom is 0.490 e. The van der Waals surface area contributed by atoms with Gasteiger partial charge in [-0.1, -0.05) is 37.3 Å². The second-order valence-corrected chi connectivity index (χ2v) is 8.77. The van der Waals surface area contributed by atoms with Crippen molar-refractivity contribution in [3.8, 4) is 0 Å². The van der Waals surface area contributed by atoms with E-state index in [9.17, 15) is 22.8 Å². The van der Waals surface area contributed by atoms with Crippen LogP contribution in [0.1, 0.15) is 55.3 Å². The number of rotatable bonds is 5. The summed E-state index contributed by atoms with van der Waals surface area (Å²) in [6.07, 6.45) is 2.15. The van der Waals surface area contributed by atoms with Crippen LogP contribution in [-0.4, -0.2) is 77.6 Å². The lowest BCUT2D eigenvalue weighted by Gasteiger charge is -2.33. The molecular weight excluding hydrogens is 475 g/mol. The molecule has 1 saturated carbocycles. The van der Waals surface area contributed by atoms with Crippen LogP contribution in [0.3, 0.4) is 0 Å². The van der Waals surface area contributed by atoms with Gasteiger partial charge in [0.05, 0.1) is 0 Å². The molecule has 1 aromatic carbocycles. The molecule has 0 bridgehead atoms. The molecule has 3 rings (SSSR count). The Morgan fingerprint density at radius 3 is 2.06 bits per heavy atom. The number of amides is 2. The monoisotopic (exact) mass is 505 g/mol. The van der Waals surface area contributed by atoms with Crippen molar-refractivity contribution in [1.29, 1.82) is 0 Å². The van der Waals surface area contributed by atoms with Crippen LogP contribution < -0.4 is 5.32 Å². The Morgan fingerprint density at radius 1 is 1.03 bits per heavy atom. The molecule has 1 aliphatic carbocycles. The zero-order valence-corrected chi connectivity index (χ0v) is 19.7. The van der Waals surface area contributed by atoms with E-state index in [1.165, 1.54) is 12.8 Å². The fourth-order valence-corrected chi connectivity index (χ4v) is 4.19. The highest BCUT2D eigenvalue weighted by Crippen LogP contribution is 2.24. The van der Waals surface area contributed by atoms with Crippen LogP contribution in [-0.2, 0) is 9.59 Å². The second kappa shape index (κ2) is 13.5. The highest BCUT2D eigenvalue weighted by Gasteiger charge is 2.38. The van der Waals surface area contributed by atoms with Gasteiger partial charge < -0.3 is 20.2 Å². The lowest BCUT2D eigenvalue weighted by Crippen LogP contribution is -2.48. The quantitative estimate of drug-likeness (QED) is 0.591. The molecule has 1 aliphatic heterocycles. The third-order valence-corrected chi connectivity index (χ3v) is 6.15. The highest BCUT2D eigenvalue weighted by atomic mass is 35.5. The first-order chi connectivity index (χ1) is 16.1. The molecule has 2 N–H and O–H groups in total. The van der Waals surface area contributed by atoms with Gasteiger partial charge in [0, 0.05) is 55.8 Å². The largest absolute Gasteiger partial charge is 0.490 e. The number of carboxylic acids is 1. The minimum absolute atomic E-state index is 0.0201. The summed E-state index contributed by atoms with van der Waals surface area (Å²) in [7, 11) is 0. The van der Waals surface area contributed by atoms with Crippen LogP contribution in [0.2, 0.25) is 5.02 Å². The van der Waals surface area contributed by atoms with Crippen molar-refractivity contribution in [3.05, 3.63) is 34.9 Å². The van der Waals surface area contributed by atoms with Crippen LogP contribution in [0.5, 0.6) is 0 Å². The van der Waals surface area contributed by atoms with Crippen molar-refractivity contribution in [2.75, 3.05) is 32.7 Å².